The van der Waals surface area contributed by atoms with Crippen LogP contribution in [-0.4, -0.2) is 17.9 Å². The number of Topliss-reactive ketones (excluding diaryl/α,β-unsaturated/α-hetero) is 1. The van der Waals surface area contributed by atoms with Gasteiger partial charge in [-0.2, -0.15) is 0 Å². The summed E-state index contributed by atoms with van der Waals surface area (Å²) in [5, 5.41) is 10.8. The Morgan fingerprint density at radius 2 is 1.57 bits per heavy atom. The third kappa shape index (κ3) is 3.80. The Hall–Kier alpha value is -3.44. The van der Waals surface area contributed by atoms with Gasteiger partial charge >= 0.3 is 0 Å². The molecule has 3 aromatic rings. The maximum atomic E-state index is 12.9. The van der Waals surface area contributed by atoms with E-state index < -0.39 is 12.1 Å². The van der Waals surface area contributed by atoms with Crippen LogP contribution in [0, 0.1) is 0 Å². The molecule has 1 aliphatic heterocycles. The number of carboxylic acid groups (broad SMARTS) is 1. The second-order valence-electron chi connectivity index (χ2n) is 6.52. The SMILES string of the molecule is O=C([O-])c1ccc([C@@H]2O[C@H]2C(=O)c2ccccc2OCc2ccccc2)cc1. The van der Waals surface area contributed by atoms with Gasteiger partial charge in [-0.05, 0) is 28.8 Å². The average Bonchev–Trinajstić information content (AvgIpc) is 3.54. The molecular weight excluding hydrogens is 356 g/mol. The van der Waals surface area contributed by atoms with Gasteiger partial charge in [-0.25, -0.2) is 0 Å². The van der Waals surface area contributed by atoms with E-state index in [-0.39, 0.29) is 17.5 Å². The smallest absolute Gasteiger partial charge is 0.198 e. The second kappa shape index (κ2) is 7.66. The van der Waals surface area contributed by atoms with E-state index in [4.69, 9.17) is 9.47 Å². The van der Waals surface area contributed by atoms with Gasteiger partial charge < -0.3 is 19.4 Å². The van der Waals surface area contributed by atoms with Crippen molar-refractivity contribution in [2.75, 3.05) is 0 Å². The van der Waals surface area contributed by atoms with Crippen LogP contribution in [0.15, 0.2) is 78.9 Å². The monoisotopic (exact) mass is 373 g/mol. The fraction of sp³-hybridized carbons (Fsp3) is 0.130. The molecule has 140 valence electrons. The predicted molar refractivity (Wildman–Crippen MR) is 99.9 cm³/mol. The molecule has 1 heterocycles. The van der Waals surface area contributed by atoms with E-state index in [2.05, 4.69) is 0 Å². The molecule has 5 heteroatoms. The van der Waals surface area contributed by atoms with E-state index in [0.29, 0.717) is 17.9 Å². The standard InChI is InChI=1S/C23H18O5/c24-20(22-21(28-22)16-10-12-17(13-11-16)23(25)26)18-8-4-5-9-19(18)27-14-15-6-2-1-3-7-15/h1-13,21-22H,14H2,(H,25,26)/p-1/t21-,22-/m0/s1. The number of rotatable bonds is 7. The van der Waals surface area contributed by atoms with Crippen molar-refractivity contribution in [3.05, 3.63) is 101 Å². The molecule has 0 aromatic heterocycles. The Morgan fingerprint density at radius 3 is 2.29 bits per heavy atom. The Morgan fingerprint density at radius 1 is 0.893 bits per heavy atom. The minimum atomic E-state index is -1.24. The zero-order chi connectivity index (χ0) is 19.5. The van der Waals surface area contributed by atoms with Crippen molar-refractivity contribution in [2.24, 2.45) is 0 Å². The molecule has 28 heavy (non-hydrogen) atoms. The Kier molecular flexibility index (Phi) is 4.91. The van der Waals surface area contributed by atoms with E-state index >= 15 is 0 Å². The molecule has 0 bridgehead atoms. The van der Waals surface area contributed by atoms with Crippen molar-refractivity contribution in [3.63, 3.8) is 0 Å². The topological polar surface area (TPSA) is 79.0 Å². The molecule has 3 aromatic carbocycles. The van der Waals surface area contributed by atoms with Gasteiger partial charge in [0.1, 0.15) is 18.5 Å². The van der Waals surface area contributed by atoms with E-state index in [1.54, 1.807) is 30.3 Å². The van der Waals surface area contributed by atoms with Gasteiger partial charge in [0.15, 0.2) is 11.9 Å². The quantitative estimate of drug-likeness (QED) is 0.470. The minimum absolute atomic E-state index is 0.0898. The predicted octanol–water partition coefficient (Wildman–Crippen LogP) is 2.95. The summed E-state index contributed by atoms with van der Waals surface area (Å²) in [6.07, 6.45) is -0.985. The highest BCUT2D eigenvalue weighted by molar-refractivity contribution is 6.03. The highest BCUT2D eigenvalue weighted by Gasteiger charge is 2.46. The van der Waals surface area contributed by atoms with Crippen LogP contribution in [0.3, 0.4) is 0 Å². The fourth-order valence-corrected chi connectivity index (χ4v) is 3.06. The summed E-state index contributed by atoms with van der Waals surface area (Å²) >= 11 is 0. The van der Waals surface area contributed by atoms with Gasteiger partial charge in [0.05, 0.1) is 11.5 Å². The molecule has 0 N–H and O–H groups in total. The van der Waals surface area contributed by atoms with Gasteiger partial charge in [-0.15, -0.1) is 0 Å². The number of aromatic carboxylic acids is 1. The zero-order valence-electron chi connectivity index (χ0n) is 14.9. The van der Waals surface area contributed by atoms with Crippen LogP contribution in [0.25, 0.3) is 0 Å². The molecule has 1 fully saturated rings. The van der Waals surface area contributed by atoms with Crippen molar-refractivity contribution in [3.8, 4) is 5.75 Å². The lowest BCUT2D eigenvalue weighted by atomic mass is 10.0. The van der Waals surface area contributed by atoms with Gasteiger partial charge in [0.25, 0.3) is 0 Å². The number of hydrogen-bond donors (Lipinski definition) is 0. The van der Waals surface area contributed by atoms with Crippen LogP contribution in [0.5, 0.6) is 5.75 Å². The molecule has 0 amide bonds. The maximum Gasteiger partial charge on any atom is 0.198 e. The van der Waals surface area contributed by atoms with Gasteiger partial charge in [-0.1, -0.05) is 66.7 Å². The molecule has 0 saturated carbocycles. The molecule has 2 atom stereocenters. The molecule has 1 aliphatic rings. The first-order valence-electron chi connectivity index (χ1n) is 8.90. The van der Waals surface area contributed by atoms with Crippen LogP contribution in [-0.2, 0) is 11.3 Å². The zero-order valence-corrected chi connectivity index (χ0v) is 14.9. The summed E-state index contributed by atoms with van der Waals surface area (Å²) in [6, 6.07) is 23.0. The van der Waals surface area contributed by atoms with Gasteiger partial charge in [0.2, 0.25) is 0 Å². The molecule has 0 unspecified atom stereocenters. The number of ether oxygens (including phenoxy) is 2. The summed E-state index contributed by atoms with van der Waals surface area (Å²) in [4.78, 5) is 23.7. The third-order valence-corrected chi connectivity index (χ3v) is 4.61. The lowest BCUT2D eigenvalue weighted by Crippen LogP contribution is -2.22. The van der Waals surface area contributed by atoms with E-state index in [1.165, 1.54) is 12.1 Å². The van der Waals surface area contributed by atoms with Crippen LogP contribution in [0.4, 0.5) is 0 Å². The Balaban J connectivity index is 1.46. The number of carbonyl (C=O) groups is 2. The maximum absolute atomic E-state index is 12.9. The number of para-hydroxylation sites is 1. The molecule has 0 spiro atoms. The normalized spacial score (nSPS) is 17.7. The van der Waals surface area contributed by atoms with Crippen molar-refractivity contribution < 1.29 is 24.2 Å². The van der Waals surface area contributed by atoms with Crippen LogP contribution >= 0.6 is 0 Å². The van der Waals surface area contributed by atoms with Crippen molar-refractivity contribution in [2.45, 2.75) is 18.8 Å². The van der Waals surface area contributed by atoms with Crippen LogP contribution < -0.4 is 9.84 Å². The number of epoxide rings is 1. The molecular formula is C23H17O5-. The van der Waals surface area contributed by atoms with Crippen LogP contribution in [0.2, 0.25) is 0 Å². The van der Waals surface area contributed by atoms with E-state index in [0.717, 1.165) is 11.1 Å². The van der Waals surface area contributed by atoms with E-state index in [9.17, 15) is 14.7 Å². The number of hydrogen-bond acceptors (Lipinski definition) is 5. The second-order valence-corrected chi connectivity index (χ2v) is 6.52. The minimum Gasteiger partial charge on any atom is -0.545 e. The average molecular weight is 373 g/mol. The highest BCUT2D eigenvalue weighted by atomic mass is 16.6. The molecule has 4 rings (SSSR count). The number of carboxylic acids is 1. The van der Waals surface area contributed by atoms with Gasteiger partial charge in [0, 0.05) is 0 Å². The molecule has 1 saturated heterocycles. The van der Waals surface area contributed by atoms with Crippen molar-refractivity contribution >= 4 is 11.8 Å². The summed E-state index contributed by atoms with van der Waals surface area (Å²) < 4.78 is 11.4. The number of carbonyl (C=O) groups excluding carboxylic acids is 2. The molecule has 0 aliphatic carbocycles. The molecule has 5 nitrogen and oxygen atoms in total. The van der Waals surface area contributed by atoms with Crippen molar-refractivity contribution in [1.29, 1.82) is 0 Å². The summed E-state index contributed by atoms with van der Waals surface area (Å²) in [5.41, 5.74) is 2.33. The molecule has 0 radical (unpaired) electrons. The number of ketones is 1. The summed E-state index contributed by atoms with van der Waals surface area (Å²) in [5.74, 6) is -0.879. The van der Waals surface area contributed by atoms with E-state index in [1.807, 2.05) is 36.4 Å². The van der Waals surface area contributed by atoms with Crippen LogP contribution in [0.1, 0.15) is 37.9 Å². The van der Waals surface area contributed by atoms with Crippen molar-refractivity contribution in [1.82, 2.24) is 0 Å². The fourth-order valence-electron chi connectivity index (χ4n) is 3.06. The third-order valence-electron chi connectivity index (χ3n) is 4.61. The Bertz CT molecular complexity index is 995. The number of benzene rings is 3. The summed E-state index contributed by atoms with van der Waals surface area (Å²) in [6.45, 7) is 0.366. The van der Waals surface area contributed by atoms with Gasteiger partial charge in [-0.3, -0.25) is 4.79 Å². The Labute approximate surface area is 162 Å². The lowest BCUT2D eigenvalue weighted by molar-refractivity contribution is -0.255. The lowest BCUT2D eigenvalue weighted by Gasteiger charge is -2.10. The highest BCUT2D eigenvalue weighted by Crippen LogP contribution is 2.41. The largest absolute Gasteiger partial charge is 0.545 e. The first-order valence-corrected chi connectivity index (χ1v) is 8.90. The first kappa shape index (κ1) is 17.9. The summed E-state index contributed by atoms with van der Waals surface area (Å²) in [7, 11) is 0. The first-order chi connectivity index (χ1) is 13.6.